The summed E-state index contributed by atoms with van der Waals surface area (Å²) in [4.78, 5) is 38.5. The molecule has 29 heavy (non-hydrogen) atoms. The van der Waals surface area contributed by atoms with Crippen molar-refractivity contribution in [3.63, 3.8) is 0 Å². The summed E-state index contributed by atoms with van der Waals surface area (Å²) >= 11 is 11.9. The fourth-order valence-electron chi connectivity index (χ4n) is 2.94. The molecular weight excluding hydrogens is 413 g/mol. The fourth-order valence-corrected chi connectivity index (χ4v) is 3.43. The first-order valence-corrected chi connectivity index (χ1v) is 9.98. The monoisotopic (exact) mass is 433 g/mol. The first-order valence-electron chi connectivity index (χ1n) is 9.22. The van der Waals surface area contributed by atoms with Crippen LogP contribution in [0.25, 0.3) is 0 Å². The molecule has 0 aromatic heterocycles. The zero-order valence-electron chi connectivity index (χ0n) is 15.9. The van der Waals surface area contributed by atoms with Gasteiger partial charge in [0.15, 0.2) is 0 Å². The van der Waals surface area contributed by atoms with E-state index in [4.69, 9.17) is 23.2 Å². The van der Waals surface area contributed by atoms with Crippen LogP contribution in [0.15, 0.2) is 42.5 Å². The van der Waals surface area contributed by atoms with Gasteiger partial charge in [-0.05, 0) is 48.7 Å². The summed E-state index contributed by atoms with van der Waals surface area (Å²) in [6.07, 6.45) is 1.89. The molecule has 3 rings (SSSR count). The molecule has 2 aromatic rings. The standard InChI is InChI=1S/C21H21Cl2N3O3/c1-24-20(28)14-4-2-13(3-5-14)12-26(16-7-8-16)19(27)11-25-21(29)17-9-6-15(22)10-18(17)23/h2-6,9-10,16H,7-8,11-12H2,1H3,(H,24,28)(H,25,29). The van der Waals surface area contributed by atoms with Gasteiger partial charge in [-0.25, -0.2) is 0 Å². The smallest absolute Gasteiger partial charge is 0.253 e. The summed E-state index contributed by atoms with van der Waals surface area (Å²) in [6.45, 7) is 0.305. The van der Waals surface area contributed by atoms with Crippen molar-refractivity contribution in [1.29, 1.82) is 0 Å². The van der Waals surface area contributed by atoms with E-state index in [-0.39, 0.29) is 35.0 Å². The number of hydrogen-bond donors (Lipinski definition) is 2. The molecule has 0 radical (unpaired) electrons. The average Bonchev–Trinajstić information content (AvgIpc) is 3.55. The summed E-state index contributed by atoms with van der Waals surface area (Å²) in [5, 5.41) is 5.87. The molecule has 6 nitrogen and oxygen atoms in total. The van der Waals surface area contributed by atoms with Crippen LogP contribution in [0, 0.1) is 0 Å². The Morgan fingerprint density at radius 3 is 2.31 bits per heavy atom. The van der Waals surface area contributed by atoms with E-state index in [2.05, 4.69) is 10.6 Å². The highest BCUT2D eigenvalue weighted by Crippen LogP contribution is 2.28. The number of amides is 3. The van der Waals surface area contributed by atoms with Crippen molar-refractivity contribution in [3.8, 4) is 0 Å². The molecule has 1 saturated carbocycles. The second-order valence-electron chi connectivity index (χ2n) is 6.84. The van der Waals surface area contributed by atoms with Crippen LogP contribution < -0.4 is 10.6 Å². The van der Waals surface area contributed by atoms with Gasteiger partial charge in [0.05, 0.1) is 17.1 Å². The summed E-state index contributed by atoms with van der Waals surface area (Å²) in [7, 11) is 1.58. The van der Waals surface area contributed by atoms with Crippen molar-refractivity contribution in [3.05, 3.63) is 69.2 Å². The minimum atomic E-state index is -0.425. The van der Waals surface area contributed by atoms with Gasteiger partial charge in [-0.15, -0.1) is 0 Å². The van der Waals surface area contributed by atoms with E-state index >= 15 is 0 Å². The number of benzene rings is 2. The van der Waals surface area contributed by atoms with E-state index in [0.29, 0.717) is 17.1 Å². The third-order valence-corrected chi connectivity index (χ3v) is 5.23. The topological polar surface area (TPSA) is 78.5 Å². The summed E-state index contributed by atoms with van der Waals surface area (Å²) in [6, 6.07) is 11.9. The van der Waals surface area contributed by atoms with Gasteiger partial charge in [0, 0.05) is 30.2 Å². The third-order valence-electron chi connectivity index (χ3n) is 4.68. The largest absolute Gasteiger partial charge is 0.355 e. The predicted molar refractivity (Wildman–Crippen MR) is 112 cm³/mol. The van der Waals surface area contributed by atoms with Crippen LogP contribution in [0.4, 0.5) is 0 Å². The third kappa shape index (κ3) is 5.49. The molecule has 152 valence electrons. The van der Waals surface area contributed by atoms with Gasteiger partial charge in [0.25, 0.3) is 11.8 Å². The molecule has 8 heteroatoms. The fraction of sp³-hybridized carbons (Fsp3) is 0.286. The number of halogens is 2. The molecule has 1 aliphatic rings. The lowest BCUT2D eigenvalue weighted by Crippen LogP contribution is -2.41. The Bertz CT molecular complexity index is 927. The Balaban J connectivity index is 1.61. The summed E-state index contributed by atoms with van der Waals surface area (Å²) in [5.74, 6) is -0.748. The van der Waals surface area contributed by atoms with Crippen LogP contribution in [0.2, 0.25) is 10.0 Å². The van der Waals surface area contributed by atoms with E-state index in [1.807, 2.05) is 12.1 Å². The van der Waals surface area contributed by atoms with Crippen LogP contribution in [0.3, 0.4) is 0 Å². The summed E-state index contributed by atoms with van der Waals surface area (Å²) in [5.41, 5.74) is 1.75. The van der Waals surface area contributed by atoms with Gasteiger partial charge in [-0.3, -0.25) is 14.4 Å². The first kappa shape index (κ1) is 21.1. The van der Waals surface area contributed by atoms with Gasteiger partial charge in [0.2, 0.25) is 5.91 Å². The number of rotatable bonds is 7. The molecule has 0 spiro atoms. The van der Waals surface area contributed by atoms with Gasteiger partial charge >= 0.3 is 0 Å². The lowest BCUT2D eigenvalue weighted by Gasteiger charge is -2.23. The van der Waals surface area contributed by atoms with Gasteiger partial charge in [-0.2, -0.15) is 0 Å². The van der Waals surface area contributed by atoms with E-state index in [1.54, 1.807) is 30.1 Å². The van der Waals surface area contributed by atoms with E-state index < -0.39 is 5.91 Å². The van der Waals surface area contributed by atoms with Crippen LogP contribution in [0.1, 0.15) is 39.1 Å². The minimum Gasteiger partial charge on any atom is -0.355 e. The second-order valence-corrected chi connectivity index (χ2v) is 7.68. The highest BCUT2D eigenvalue weighted by atomic mass is 35.5. The molecular formula is C21H21Cl2N3O3. The highest BCUT2D eigenvalue weighted by Gasteiger charge is 2.32. The predicted octanol–water partition coefficient (Wildman–Crippen LogP) is 3.27. The molecule has 0 saturated heterocycles. The quantitative estimate of drug-likeness (QED) is 0.702. The number of carbonyl (C=O) groups excluding carboxylic acids is 3. The SMILES string of the molecule is CNC(=O)c1ccc(CN(C(=O)CNC(=O)c2ccc(Cl)cc2Cl)C2CC2)cc1. The van der Waals surface area contributed by atoms with E-state index in [9.17, 15) is 14.4 Å². The zero-order valence-corrected chi connectivity index (χ0v) is 17.4. The lowest BCUT2D eigenvalue weighted by atomic mass is 10.1. The van der Waals surface area contributed by atoms with E-state index in [0.717, 1.165) is 18.4 Å². The Hall–Kier alpha value is -2.57. The molecule has 0 aliphatic heterocycles. The maximum absolute atomic E-state index is 12.7. The summed E-state index contributed by atoms with van der Waals surface area (Å²) < 4.78 is 0. The van der Waals surface area contributed by atoms with Crippen LogP contribution in [-0.4, -0.2) is 42.3 Å². The van der Waals surface area contributed by atoms with Crippen molar-refractivity contribution in [2.24, 2.45) is 0 Å². The Kier molecular flexibility index (Phi) is 6.77. The molecule has 1 fully saturated rings. The average molecular weight is 434 g/mol. The van der Waals surface area contributed by atoms with Gasteiger partial charge in [0.1, 0.15) is 0 Å². The lowest BCUT2D eigenvalue weighted by molar-refractivity contribution is -0.131. The van der Waals surface area contributed by atoms with Gasteiger partial charge in [-0.1, -0.05) is 35.3 Å². The normalized spacial score (nSPS) is 12.9. The Morgan fingerprint density at radius 1 is 1.03 bits per heavy atom. The number of hydrogen-bond acceptors (Lipinski definition) is 3. The molecule has 3 amide bonds. The van der Waals surface area contributed by atoms with E-state index in [1.165, 1.54) is 12.1 Å². The first-order chi connectivity index (χ1) is 13.9. The second kappa shape index (κ2) is 9.29. The molecule has 0 bridgehead atoms. The molecule has 0 heterocycles. The van der Waals surface area contributed by atoms with Crippen molar-refractivity contribution < 1.29 is 14.4 Å². The number of nitrogens with zero attached hydrogens (tertiary/aromatic N) is 1. The number of nitrogens with one attached hydrogen (secondary N) is 2. The zero-order chi connectivity index (χ0) is 21.0. The minimum absolute atomic E-state index is 0.120. The van der Waals surface area contributed by atoms with Crippen molar-refractivity contribution in [2.75, 3.05) is 13.6 Å². The van der Waals surface area contributed by atoms with Gasteiger partial charge < -0.3 is 15.5 Å². The Morgan fingerprint density at radius 2 is 1.72 bits per heavy atom. The molecule has 2 aromatic carbocycles. The van der Waals surface area contributed by atoms with Crippen molar-refractivity contribution in [2.45, 2.75) is 25.4 Å². The van der Waals surface area contributed by atoms with Crippen molar-refractivity contribution >= 4 is 40.9 Å². The Labute approximate surface area is 179 Å². The van der Waals surface area contributed by atoms with Crippen LogP contribution in [-0.2, 0) is 11.3 Å². The van der Waals surface area contributed by atoms with Crippen LogP contribution >= 0.6 is 23.2 Å². The molecule has 1 aliphatic carbocycles. The highest BCUT2D eigenvalue weighted by molar-refractivity contribution is 6.36. The number of carbonyl (C=O) groups is 3. The maximum Gasteiger partial charge on any atom is 0.253 e. The molecule has 2 N–H and O–H groups in total. The molecule has 0 unspecified atom stereocenters. The molecule has 0 atom stereocenters. The maximum atomic E-state index is 12.7. The van der Waals surface area contributed by atoms with Crippen LogP contribution in [0.5, 0.6) is 0 Å². The van der Waals surface area contributed by atoms with Crippen molar-refractivity contribution in [1.82, 2.24) is 15.5 Å².